The molecule has 21 heavy (non-hydrogen) atoms. The van der Waals surface area contributed by atoms with Gasteiger partial charge in [0.25, 0.3) is 0 Å². The van der Waals surface area contributed by atoms with Crippen LogP contribution in [0.4, 0.5) is 0 Å². The van der Waals surface area contributed by atoms with Gasteiger partial charge in [-0.15, -0.1) is 0 Å². The fourth-order valence-electron chi connectivity index (χ4n) is 2.04. The van der Waals surface area contributed by atoms with Gasteiger partial charge in [0.2, 0.25) is 0 Å². The van der Waals surface area contributed by atoms with E-state index >= 15 is 0 Å². The van der Waals surface area contributed by atoms with Crippen LogP contribution in [-0.4, -0.2) is 13.6 Å². The summed E-state index contributed by atoms with van der Waals surface area (Å²) in [4.78, 5) is 0. The van der Waals surface area contributed by atoms with Crippen LogP contribution in [0.1, 0.15) is 30.3 Å². The topological polar surface area (TPSA) is 58.2 Å². The molecular formula is C16H17ClN2O2. The summed E-state index contributed by atoms with van der Waals surface area (Å²) in [6, 6.07) is 10.8. The molecule has 0 bridgehead atoms. The number of rotatable bonds is 7. The van der Waals surface area contributed by atoms with Gasteiger partial charge in [0.05, 0.1) is 11.8 Å². The summed E-state index contributed by atoms with van der Waals surface area (Å²) in [6.45, 7) is 0.890. The lowest BCUT2D eigenvalue weighted by Gasteiger charge is -2.18. The molecule has 0 aliphatic heterocycles. The van der Waals surface area contributed by atoms with Crippen molar-refractivity contribution in [2.75, 3.05) is 13.6 Å². The normalized spacial score (nSPS) is 11.9. The molecule has 1 aromatic carbocycles. The van der Waals surface area contributed by atoms with Crippen molar-refractivity contribution in [3.8, 4) is 11.8 Å². The lowest BCUT2D eigenvalue weighted by atomic mass is 10.1. The predicted molar refractivity (Wildman–Crippen MR) is 81.4 cm³/mol. The summed E-state index contributed by atoms with van der Waals surface area (Å²) in [5.74, 6) is 1.23. The van der Waals surface area contributed by atoms with Gasteiger partial charge in [-0.3, -0.25) is 0 Å². The fourth-order valence-corrected chi connectivity index (χ4v) is 2.20. The van der Waals surface area contributed by atoms with E-state index in [0.717, 1.165) is 25.1 Å². The van der Waals surface area contributed by atoms with Crippen LogP contribution in [0.25, 0.3) is 0 Å². The molecule has 2 aromatic rings. The molecule has 1 N–H and O–H groups in total. The zero-order chi connectivity index (χ0) is 15.1. The molecule has 0 saturated carbocycles. The zero-order valence-corrected chi connectivity index (χ0v) is 12.6. The second kappa shape index (κ2) is 7.72. The minimum absolute atomic E-state index is 0.237. The lowest BCUT2D eigenvalue weighted by molar-refractivity contribution is 0.163. The molecule has 110 valence electrons. The van der Waals surface area contributed by atoms with Crippen molar-refractivity contribution >= 4 is 11.6 Å². The quantitative estimate of drug-likeness (QED) is 0.788. The highest BCUT2D eigenvalue weighted by atomic mass is 35.5. The summed E-state index contributed by atoms with van der Waals surface area (Å²) < 4.78 is 11.4. The molecule has 0 aliphatic rings. The Kier molecular flexibility index (Phi) is 5.68. The zero-order valence-electron chi connectivity index (χ0n) is 11.8. The smallest absolute Gasteiger partial charge is 0.156 e. The van der Waals surface area contributed by atoms with E-state index in [9.17, 15) is 0 Å². The number of nitrogens with one attached hydrogen (secondary N) is 1. The lowest BCUT2D eigenvalue weighted by Crippen LogP contribution is -2.13. The maximum absolute atomic E-state index is 9.16. The summed E-state index contributed by atoms with van der Waals surface area (Å²) in [7, 11) is 1.91. The molecule has 1 aromatic heterocycles. The molecule has 0 aliphatic carbocycles. The molecule has 0 spiro atoms. The van der Waals surface area contributed by atoms with Gasteiger partial charge in [-0.1, -0.05) is 11.6 Å². The van der Waals surface area contributed by atoms with E-state index in [1.165, 1.54) is 0 Å². The van der Waals surface area contributed by atoms with Crippen LogP contribution in [0.5, 0.6) is 5.75 Å². The first-order valence-corrected chi connectivity index (χ1v) is 7.16. The van der Waals surface area contributed by atoms with Gasteiger partial charge in [0, 0.05) is 11.1 Å². The molecule has 0 fully saturated rings. The Hall–Kier alpha value is -1.96. The van der Waals surface area contributed by atoms with Crippen LogP contribution in [0.15, 0.2) is 41.0 Å². The Morgan fingerprint density at radius 1 is 1.43 bits per heavy atom. The van der Waals surface area contributed by atoms with Gasteiger partial charge in [0.15, 0.2) is 6.10 Å². The molecule has 5 heteroatoms. The average molecular weight is 305 g/mol. The van der Waals surface area contributed by atoms with Gasteiger partial charge in [-0.2, -0.15) is 5.26 Å². The first kappa shape index (κ1) is 15.4. The number of hydrogen-bond acceptors (Lipinski definition) is 4. The SMILES string of the molecule is CNCCCC(Oc1cc(Cl)ccc1C#N)c1ccco1. The van der Waals surface area contributed by atoms with Gasteiger partial charge in [-0.05, 0) is 50.7 Å². The first-order chi connectivity index (χ1) is 10.2. The monoisotopic (exact) mass is 304 g/mol. The van der Waals surface area contributed by atoms with Crippen LogP contribution < -0.4 is 10.1 Å². The van der Waals surface area contributed by atoms with Crippen molar-refractivity contribution < 1.29 is 9.15 Å². The second-order valence-electron chi connectivity index (χ2n) is 4.62. The van der Waals surface area contributed by atoms with Crippen LogP contribution >= 0.6 is 11.6 Å². The third kappa shape index (κ3) is 4.25. The van der Waals surface area contributed by atoms with Gasteiger partial charge < -0.3 is 14.5 Å². The molecule has 4 nitrogen and oxygen atoms in total. The summed E-state index contributed by atoms with van der Waals surface area (Å²) in [6.07, 6.45) is 3.10. The minimum atomic E-state index is -0.237. The molecule has 0 saturated heterocycles. The third-order valence-electron chi connectivity index (χ3n) is 3.09. The summed E-state index contributed by atoms with van der Waals surface area (Å²) in [5, 5.41) is 12.8. The number of benzene rings is 1. The Morgan fingerprint density at radius 2 is 2.29 bits per heavy atom. The van der Waals surface area contributed by atoms with Crippen molar-refractivity contribution in [1.29, 1.82) is 5.26 Å². The van der Waals surface area contributed by atoms with E-state index in [0.29, 0.717) is 16.3 Å². The molecule has 1 unspecified atom stereocenters. The third-order valence-corrected chi connectivity index (χ3v) is 3.32. The molecule has 1 heterocycles. The van der Waals surface area contributed by atoms with E-state index in [1.807, 2.05) is 19.2 Å². The Balaban J connectivity index is 2.19. The minimum Gasteiger partial charge on any atom is -0.481 e. The maximum Gasteiger partial charge on any atom is 0.156 e. The van der Waals surface area contributed by atoms with Gasteiger partial charge in [0.1, 0.15) is 17.6 Å². The number of furan rings is 1. The van der Waals surface area contributed by atoms with Crippen LogP contribution in [0, 0.1) is 11.3 Å². The maximum atomic E-state index is 9.16. The molecular weight excluding hydrogens is 288 g/mol. The highest BCUT2D eigenvalue weighted by Crippen LogP contribution is 2.30. The van der Waals surface area contributed by atoms with Crippen molar-refractivity contribution in [2.45, 2.75) is 18.9 Å². The van der Waals surface area contributed by atoms with Crippen LogP contribution in [0.3, 0.4) is 0 Å². The Labute approximate surface area is 129 Å². The Bertz CT molecular complexity index is 605. The van der Waals surface area contributed by atoms with E-state index in [1.54, 1.807) is 24.5 Å². The standard InChI is InChI=1S/C16H17ClN2O2/c1-19-8-2-4-15(14-5-3-9-20-14)21-16-10-13(17)7-6-12(16)11-18/h3,5-7,9-10,15,19H,2,4,8H2,1H3. The first-order valence-electron chi connectivity index (χ1n) is 6.79. The molecule has 2 rings (SSSR count). The highest BCUT2D eigenvalue weighted by molar-refractivity contribution is 6.30. The molecule has 1 atom stereocenters. The van der Waals surface area contributed by atoms with Gasteiger partial charge >= 0.3 is 0 Å². The van der Waals surface area contributed by atoms with Gasteiger partial charge in [-0.25, -0.2) is 0 Å². The van der Waals surface area contributed by atoms with E-state index < -0.39 is 0 Å². The number of hydrogen-bond donors (Lipinski definition) is 1. The van der Waals surface area contributed by atoms with Crippen molar-refractivity contribution in [2.24, 2.45) is 0 Å². The highest BCUT2D eigenvalue weighted by Gasteiger charge is 2.18. The largest absolute Gasteiger partial charge is 0.481 e. The van der Waals surface area contributed by atoms with Crippen molar-refractivity contribution in [3.05, 3.63) is 52.9 Å². The van der Waals surface area contributed by atoms with E-state index in [-0.39, 0.29) is 6.10 Å². The van der Waals surface area contributed by atoms with Crippen molar-refractivity contribution in [1.82, 2.24) is 5.32 Å². The summed E-state index contributed by atoms with van der Waals surface area (Å²) >= 11 is 5.99. The van der Waals surface area contributed by atoms with Crippen molar-refractivity contribution in [3.63, 3.8) is 0 Å². The Morgan fingerprint density at radius 3 is 2.95 bits per heavy atom. The second-order valence-corrected chi connectivity index (χ2v) is 5.06. The van der Waals surface area contributed by atoms with Crippen LogP contribution in [-0.2, 0) is 0 Å². The fraction of sp³-hybridized carbons (Fsp3) is 0.312. The number of halogens is 1. The number of nitriles is 1. The number of nitrogens with zero attached hydrogens (tertiary/aromatic N) is 1. The number of ether oxygens (including phenoxy) is 1. The molecule has 0 amide bonds. The molecule has 0 radical (unpaired) electrons. The summed E-state index contributed by atoms with van der Waals surface area (Å²) in [5.41, 5.74) is 0.463. The average Bonchev–Trinajstić information content (AvgIpc) is 3.01. The van der Waals surface area contributed by atoms with E-state index in [4.69, 9.17) is 26.0 Å². The van der Waals surface area contributed by atoms with E-state index in [2.05, 4.69) is 11.4 Å². The predicted octanol–water partition coefficient (Wildman–Crippen LogP) is 3.92. The van der Waals surface area contributed by atoms with Crippen LogP contribution in [0.2, 0.25) is 5.02 Å².